The molecule has 0 spiro atoms. The second-order valence-corrected chi connectivity index (χ2v) is 8.73. The van der Waals surface area contributed by atoms with Crippen molar-refractivity contribution in [3.8, 4) is 0 Å². The number of benzene rings is 2. The number of para-hydroxylation sites is 1. The lowest BCUT2D eigenvalue weighted by molar-refractivity contribution is -0.137. The molecule has 32 heavy (non-hydrogen) atoms. The molecular formula is C25H31FN4O2. The fourth-order valence-electron chi connectivity index (χ4n) is 4.51. The Balaban J connectivity index is 1.20. The number of piperidine rings is 1. The predicted molar refractivity (Wildman–Crippen MR) is 124 cm³/mol. The molecule has 2 saturated heterocycles. The van der Waals surface area contributed by atoms with E-state index >= 15 is 0 Å². The summed E-state index contributed by atoms with van der Waals surface area (Å²) in [5, 5.41) is 2.94. The van der Waals surface area contributed by atoms with Gasteiger partial charge in [-0.25, -0.2) is 4.39 Å². The summed E-state index contributed by atoms with van der Waals surface area (Å²) in [4.78, 5) is 31.4. The topological polar surface area (TPSA) is 55.9 Å². The average molecular weight is 439 g/mol. The molecule has 2 aromatic rings. The molecule has 2 fully saturated rings. The first kappa shape index (κ1) is 22.3. The first-order valence-electron chi connectivity index (χ1n) is 11.4. The molecule has 0 unspecified atom stereocenters. The van der Waals surface area contributed by atoms with Gasteiger partial charge in [0.15, 0.2) is 0 Å². The van der Waals surface area contributed by atoms with Crippen LogP contribution in [0.25, 0.3) is 0 Å². The van der Waals surface area contributed by atoms with Gasteiger partial charge in [0.05, 0.1) is 12.2 Å². The number of likely N-dealkylation sites (tertiary alicyclic amines) is 1. The van der Waals surface area contributed by atoms with Gasteiger partial charge in [0.25, 0.3) is 0 Å². The molecule has 2 amide bonds. The summed E-state index contributed by atoms with van der Waals surface area (Å²) in [6.45, 7) is 6.37. The van der Waals surface area contributed by atoms with Crippen LogP contribution in [0, 0.1) is 18.7 Å². The minimum absolute atomic E-state index is 0.00595. The summed E-state index contributed by atoms with van der Waals surface area (Å²) in [6.07, 6.45) is 1.54. The van der Waals surface area contributed by atoms with Crippen molar-refractivity contribution in [3.05, 3.63) is 59.9 Å². The normalized spacial score (nSPS) is 17.9. The number of hydrogen-bond acceptors (Lipinski definition) is 4. The number of aryl methyl sites for hydroxylation is 1. The summed E-state index contributed by atoms with van der Waals surface area (Å²) < 4.78 is 14.0. The van der Waals surface area contributed by atoms with Crippen LogP contribution in [0.3, 0.4) is 0 Å². The number of nitrogens with zero attached hydrogens (tertiary/aromatic N) is 3. The van der Waals surface area contributed by atoms with E-state index in [-0.39, 0.29) is 23.5 Å². The Morgan fingerprint density at radius 3 is 2.25 bits per heavy atom. The van der Waals surface area contributed by atoms with Crippen LogP contribution in [0.5, 0.6) is 0 Å². The first-order chi connectivity index (χ1) is 15.5. The summed E-state index contributed by atoms with van der Waals surface area (Å²) in [5.74, 6) is -0.0395. The molecule has 0 aromatic heterocycles. The van der Waals surface area contributed by atoms with Crippen LogP contribution in [0.1, 0.15) is 18.4 Å². The van der Waals surface area contributed by atoms with Crippen molar-refractivity contribution in [2.45, 2.75) is 19.8 Å². The Bertz CT molecular complexity index is 933. The van der Waals surface area contributed by atoms with Crippen LogP contribution in [-0.2, 0) is 9.59 Å². The minimum Gasteiger partial charge on any atom is -0.366 e. The lowest BCUT2D eigenvalue weighted by Crippen LogP contribution is -2.52. The van der Waals surface area contributed by atoms with Crippen LogP contribution >= 0.6 is 0 Å². The van der Waals surface area contributed by atoms with E-state index in [0.717, 1.165) is 37.2 Å². The number of piperazine rings is 1. The highest BCUT2D eigenvalue weighted by Crippen LogP contribution is 2.23. The van der Waals surface area contributed by atoms with Crippen LogP contribution in [-0.4, -0.2) is 67.4 Å². The molecule has 7 heteroatoms. The minimum atomic E-state index is -0.217. The van der Waals surface area contributed by atoms with Gasteiger partial charge in [0.1, 0.15) is 5.82 Å². The van der Waals surface area contributed by atoms with Gasteiger partial charge in [-0.3, -0.25) is 14.5 Å². The summed E-state index contributed by atoms with van der Waals surface area (Å²) >= 11 is 0. The molecule has 1 N–H and O–H groups in total. The monoisotopic (exact) mass is 438 g/mol. The number of carbonyl (C=O) groups is 2. The standard InChI is InChI=1S/C25H31FN4O2/c1-19-6-8-21(9-7-19)27-24(31)18-28-12-10-20(11-13-28)25(32)30-16-14-29(15-17-30)23-5-3-2-4-22(23)26/h2-9,20H,10-18H2,1H3,(H,27,31). The van der Waals surface area contributed by atoms with E-state index < -0.39 is 0 Å². The van der Waals surface area contributed by atoms with Crippen LogP contribution < -0.4 is 10.2 Å². The van der Waals surface area contributed by atoms with E-state index in [0.29, 0.717) is 38.4 Å². The Morgan fingerprint density at radius 1 is 0.938 bits per heavy atom. The maximum absolute atomic E-state index is 14.0. The molecule has 2 aromatic carbocycles. The number of nitrogens with one attached hydrogen (secondary N) is 1. The number of amides is 2. The third kappa shape index (κ3) is 5.46. The van der Waals surface area contributed by atoms with Gasteiger partial charge in [-0.1, -0.05) is 29.8 Å². The number of rotatable bonds is 5. The van der Waals surface area contributed by atoms with Crippen molar-refractivity contribution in [2.75, 3.05) is 56.0 Å². The van der Waals surface area contributed by atoms with E-state index in [1.54, 1.807) is 12.1 Å². The molecule has 0 aliphatic carbocycles. The Kier molecular flexibility index (Phi) is 7.05. The fourth-order valence-corrected chi connectivity index (χ4v) is 4.51. The van der Waals surface area contributed by atoms with E-state index in [2.05, 4.69) is 10.2 Å². The maximum atomic E-state index is 14.0. The fraction of sp³-hybridized carbons (Fsp3) is 0.440. The SMILES string of the molecule is Cc1ccc(NC(=O)CN2CCC(C(=O)N3CCN(c4ccccc4F)CC3)CC2)cc1. The molecule has 170 valence electrons. The van der Waals surface area contributed by atoms with Gasteiger partial charge >= 0.3 is 0 Å². The number of carbonyl (C=O) groups excluding carboxylic acids is 2. The van der Waals surface area contributed by atoms with Crippen molar-refractivity contribution in [1.82, 2.24) is 9.80 Å². The zero-order chi connectivity index (χ0) is 22.5. The second-order valence-electron chi connectivity index (χ2n) is 8.73. The van der Waals surface area contributed by atoms with Gasteiger partial charge in [-0.2, -0.15) is 0 Å². The highest BCUT2D eigenvalue weighted by molar-refractivity contribution is 5.92. The van der Waals surface area contributed by atoms with Crippen molar-refractivity contribution in [2.24, 2.45) is 5.92 Å². The molecule has 0 saturated carbocycles. The van der Waals surface area contributed by atoms with Crippen molar-refractivity contribution < 1.29 is 14.0 Å². The van der Waals surface area contributed by atoms with E-state index in [1.165, 1.54) is 6.07 Å². The third-order valence-corrected chi connectivity index (χ3v) is 6.42. The van der Waals surface area contributed by atoms with E-state index in [1.807, 2.05) is 47.1 Å². The molecular weight excluding hydrogens is 407 g/mol. The molecule has 0 bridgehead atoms. The van der Waals surface area contributed by atoms with E-state index in [4.69, 9.17) is 0 Å². The third-order valence-electron chi connectivity index (χ3n) is 6.42. The molecule has 2 aliphatic heterocycles. The van der Waals surface area contributed by atoms with Crippen molar-refractivity contribution in [1.29, 1.82) is 0 Å². The van der Waals surface area contributed by atoms with Crippen LogP contribution in [0.4, 0.5) is 15.8 Å². The highest BCUT2D eigenvalue weighted by Gasteiger charge is 2.31. The highest BCUT2D eigenvalue weighted by atomic mass is 19.1. The zero-order valence-electron chi connectivity index (χ0n) is 18.6. The van der Waals surface area contributed by atoms with Crippen molar-refractivity contribution in [3.63, 3.8) is 0 Å². The van der Waals surface area contributed by atoms with Gasteiger partial charge in [-0.15, -0.1) is 0 Å². The predicted octanol–water partition coefficient (Wildman–Crippen LogP) is 3.13. The quantitative estimate of drug-likeness (QED) is 0.779. The first-order valence-corrected chi connectivity index (χ1v) is 11.4. The van der Waals surface area contributed by atoms with E-state index in [9.17, 15) is 14.0 Å². The van der Waals surface area contributed by atoms with Gasteiger partial charge in [-0.05, 0) is 57.1 Å². The Labute approximate surface area is 189 Å². The lowest BCUT2D eigenvalue weighted by Gasteiger charge is -2.39. The molecule has 0 atom stereocenters. The molecule has 4 rings (SSSR count). The Hall–Kier alpha value is -2.93. The van der Waals surface area contributed by atoms with Crippen LogP contribution in [0.2, 0.25) is 0 Å². The number of halogens is 1. The Morgan fingerprint density at radius 2 is 1.59 bits per heavy atom. The largest absolute Gasteiger partial charge is 0.366 e. The van der Waals surface area contributed by atoms with Gasteiger partial charge in [0, 0.05) is 37.8 Å². The number of hydrogen-bond donors (Lipinski definition) is 1. The zero-order valence-corrected chi connectivity index (χ0v) is 18.6. The maximum Gasteiger partial charge on any atom is 0.238 e. The van der Waals surface area contributed by atoms with Gasteiger partial charge in [0.2, 0.25) is 11.8 Å². The smallest absolute Gasteiger partial charge is 0.238 e. The second kappa shape index (κ2) is 10.1. The molecule has 0 radical (unpaired) electrons. The summed E-state index contributed by atoms with van der Waals surface area (Å²) in [7, 11) is 0. The molecule has 6 nitrogen and oxygen atoms in total. The van der Waals surface area contributed by atoms with Crippen LogP contribution in [0.15, 0.2) is 48.5 Å². The summed E-state index contributed by atoms with van der Waals surface area (Å²) in [5.41, 5.74) is 2.57. The molecule has 2 aliphatic rings. The van der Waals surface area contributed by atoms with Crippen molar-refractivity contribution >= 4 is 23.2 Å². The average Bonchev–Trinajstić information content (AvgIpc) is 2.81. The lowest BCUT2D eigenvalue weighted by atomic mass is 9.95. The van der Waals surface area contributed by atoms with Gasteiger partial charge < -0.3 is 15.1 Å². The number of anilines is 2. The summed E-state index contributed by atoms with van der Waals surface area (Å²) in [6, 6.07) is 14.6. The molecule has 2 heterocycles.